The van der Waals surface area contributed by atoms with E-state index in [9.17, 15) is 9.59 Å². The average molecular weight is 365 g/mol. The average Bonchev–Trinajstić information content (AvgIpc) is 3.01. The number of piperidine rings is 1. The van der Waals surface area contributed by atoms with Crippen LogP contribution in [-0.2, 0) is 16.0 Å². The molecular formula is C18H27N3O3S. The van der Waals surface area contributed by atoms with Crippen LogP contribution in [0.25, 0.3) is 0 Å². The first kappa shape index (κ1) is 18.3. The van der Waals surface area contributed by atoms with Crippen LogP contribution >= 0.6 is 11.3 Å². The molecule has 0 aliphatic carbocycles. The highest BCUT2D eigenvalue weighted by Crippen LogP contribution is 2.32. The van der Waals surface area contributed by atoms with E-state index in [0.717, 1.165) is 24.4 Å². The normalized spacial score (nSPS) is 20.8. The van der Waals surface area contributed by atoms with Crippen LogP contribution in [0.2, 0.25) is 0 Å². The standard InChI is InChI=1S/C18H27N3O3S/c1-3-5-15-19-14(13-25-15)17(23)21-8-6-18(7-9-21)12-16(22)20(4-2)10-11-24-18/h13H,3-12H2,1-2H3. The first-order valence-corrected chi connectivity index (χ1v) is 10.1. The Hall–Kier alpha value is -1.47. The molecule has 1 aromatic heterocycles. The predicted octanol–water partition coefficient (Wildman–Crippen LogP) is 2.34. The molecule has 0 unspecified atom stereocenters. The van der Waals surface area contributed by atoms with E-state index in [0.29, 0.717) is 51.2 Å². The number of rotatable bonds is 4. The van der Waals surface area contributed by atoms with Crippen LogP contribution in [0.5, 0.6) is 0 Å². The fourth-order valence-electron chi connectivity index (χ4n) is 3.61. The molecule has 2 saturated heterocycles. The van der Waals surface area contributed by atoms with Gasteiger partial charge in [0.2, 0.25) is 5.91 Å². The molecule has 3 heterocycles. The molecule has 0 saturated carbocycles. The summed E-state index contributed by atoms with van der Waals surface area (Å²) in [6.45, 7) is 7.34. The number of ether oxygens (including phenoxy) is 1. The van der Waals surface area contributed by atoms with E-state index in [2.05, 4.69) is 11.9 Å². The summed E-state index contributed by atoms with van der Waals surface area (Å²) >= 11 is 1.56. The summed E-state index contributed by atoms with van der Waals surface area (Å²) in [5.74, 6) is 0.173. The fourth-order valence-corrected chi connectivity index (χ4v) is 4.48. The number of hydrogen-bond donors (Lipinski definition) is 0. The van der Waals surface area contributed by atoms with E-state index < -0.39 is 5.60 Å². The smallest absolute Gasteiger partial charge is 0.273 e. The molecule has 7 heteroatoms. The molecular weight excluding hydrogens is 338 g/mol. The number of carbonyl (C=O) groups excluding carboxylic acids is 2. The summed E-state index contributed by atoms with van der Waals surface area (Å²) in [5, 5.41) is 2.89. The second-order valence-corrected chi connectivity index (χ2v) is 7.79. The van der Waals surface area contributed by atoms with Crippen molar-refractivity contribution in [1.82, 2.24) is 14.8 Å². The number of aromatic nitrogens is 1. The Balaban J connectivity index is 1.60. The van der Waals surface area contributed by atoms with Crippen LogP contribution in [0.3, 0.4) is 0 Å². The molecule has 0 bridgehead atoms. The second kappa shape index (κ2) is 7.83. The van der Waals surface area contributed by atoms with Crippen molar-refractivity contribution >= 4 is 23.2 Å². The Bertz CT molecular complexity index is 623. The summed E-state index contributed by atoms with van der Waals surface area (Å²) in [4.78, 5) is 33.2. The zero-order valence-electron chi connectivity index (χ0n) is 15.1. The fraction of sp³-hybridized carbons (Fsp3) is 0.722. The zero-order chi connectivity index (χ0) is 17.9. The van der Waals surface area contributed by atoms with Crippen molar-refractivity contribution in [3.63, 3.8) is 0 Å². The maximum absolute atomic E-state index is 12.7. The quantitative estimate of drug-likeness (QED) is 0.822. The van der Waals surface area contributed by atoms with Crippen molar-refractivity contribution in [2.75, 3.05) is 32.8 Å². The Morgan fingerprint density at radius 3 is 2.76 bits per heavy atom. The first-order chi connectivity index (χ1) is 12.1. The SMILES string of the molecule is CCCc1nc(C(=O)N2CCC3(CC2)CC(=O)N(CC)CCO3)cs1. The van der Waals surface area contributed by atoms with Crippen molar-refractivity contribution < 1.29 is 14.3 Å². The van der Waals surface area contributed by atoms with E-state index >= 15 is 0 Å². The van der Waals surface area contributed by atoms with Gasteiger partial charge in [-0.2, -0.15) is 0 Å². The lowest BCUT2D eigenvalue weighted by Crippen LogP contribution is -2.49. The molecule has 2 fully saturated rings. The number of likely N-dealkylation sites (N-methyl/N-ethyl adjacent to an activating group) is 1. The highest BCUT2D eigenvalue weighted by atomic mass is 32.1. The first-order valence-electron chi connectivity index (χ1n) is 9.22. The van der Waals surface area contributed by atoms with Crippen LogP contribution in [0.4, 0.5) is 0 Å². The van der Waals surface area contributed by atoms with Crippen molar-refractivity contribution in [2.24, 2.45) is 0 Å². The van der Waals surface area contributed by atoms with Crippen LogP contribution in [0.15, 0.2) is 5.38 Å². The van der Waals surface area contributed by atoms with E-state index in [-0.39, 0.29) is 11.8 Å². The van der Waals surface area contributed by atoms with Crippen LogP contribution in [0, 0.1) is 0 Å². The highest BCUT2D eigenvalue weighted by Gasteiger charge is 2.41. The predicted molar refractivity (Wildman–Crippen MR) is 96.8 cm³/mol. The molecule has 6 nitrogen and oxygen atoms in total. The molecule has 2 amide bonds. The van der Waals surface area contributed by atoms with Gasteiger partial charge in [0.25, 0.3) is 5.91 Å². The molecule has 0 N–H and O–H groups in total. The van der Waals surface area contributed by atoms with E-state index in [1.54, 1.807) is 11.3 Å². The van der Waals surface area contributed by atoms with Crippen LogP contribution in [-0.4, -0.2) is 65.0 Å². The Kier molecular flexibility index (Phi) is 5.74. The number of likely N-dealkylation sites (tertiary alicyclic amines) is 1. The monoisotopic (exact) mass is 365 g/mol. The van der Waals surface area contributed by atoms with Gasteiger partial charge in [-0.3, -0.25) is 9.59 Å². The Morgan fingerprint density at radius 1 is 1.32 bits per heavy atom. The molecule has 2 aliphatic heterocycles. The van der Waals surface area contributed by atoms with Crippen LogP contribution in [0.1, 0.15) is 55.0 Å². The van der Waals surface area contributed by atoms with Gasteiger partial charge in [-0.05, 0) is 32.6 Å². The summed E-state index contributed by atoms with van der Waals surface area (Å²) in [6.07, 6.45) is 3.82. The van der Waals surface area contributed by atoms with E-state index in [1.165, 1.54) is 0 Å². The molecule has 0 aromatic carbocycles. The molecule has 1 spiro atoms. The largest absolute Gasteiger partial charge is 0.372 e. The third kappa shape index (κ3) is 4.03. The maximum atomic E-state index is 12.7. The minimum Gasteiger partial charge on any atom is -0.372 e. The van der Waals surface area contributed by atoms with Gasteiger partial charge in [0.15, 0.2) is 0 Å². The molecule has 25 heavy (non-hydrogen) atoms. The third-order valence-electron chi connectivity index (χ3n) is 5.17. The Labute approximate surface area is 153 Å². The van der Waals surface area contributed by atoms with Crippen molar-refractivity contribution in [3.05, 3.63) is 16.1 Å². The summed E-state index contributed by atoms with van der Waals surface area (Å²) in [7, 11) is 0. The molecule has 3 rings (SSSR count). The molecule has 138 valence electrons. The van der Waals surface area contributed by atoms with Gasteiger partial charge in [-0.1, -0.05) is 6.92 Å². The lowest BCUT2D eigenvalue weighted by Gasteiger charge is -2.40. The highest BCUT2D eigenvalue weighted by molar-refractivity contribution is 7.09. The molecule has 1 aromatic rings. The Morgan fingerprint density at radius 2 is 2.08 bits per heavy atom. The van der Waals surface area contributed by atoms with Gasteiger partial charge in [-0.15, -0.1) is 11.3 Å². The number of thiazole rings is 1. The zero-order valence-corrected chi connectivity index (χ0v) is 15.9. The van der Waals surface area contributed by atoms with E-state index in [4.69, 9.17) is 4.74 Å². The lowest BCUT2D eigenvalue weighted by molar-refractivity contribution is -0.134. The van der Waals surface area contributed by atoms with Gasteiger partial charge in [0.1, 0.15) is 5.69 Å². The summed E-state index contributed by atoms with van der Waals surface area (Å²) < 4.78 is 6.09. The van der Waals surface area contributed by atoms with Crippen molar-refractivity contribution in [1.29, 1.82) is 0 Å². The lowest BCUT2D eigenvalue weighted by atomic mass is 9.87. The van der Waals surface area contributed by atoms with Gasteiger partial charge < -0.3 is 14.5 Å². The van der Waals surface area contributed by atoms with Gasteiger partial charge in [0, 0.05) is 31.6 Å². The van der Waals surface area contributed by atoms with Crippen molar-refractivity contribution in [2.45, 2.75) is 51.6 Å². The number of aryl methyl sites for hydroxylation is 1. The van der Waals surface area contributed by atoms with Gasteiger partial charge in [-0.25, -0.2) is 4.98 Å². The number of amides is 2. The number of carbonyl (C=O) groups is 2. The van der Waals surface area contributed by atoms with E-state index in [1.807, 2.05) is 22.1 Å². The summed E-state index contributed by atoms with van der Waals surface area (Å²) in [6, 6.07) is 0. The third-order valence-corrected chi connectivity index (χ3v) is 6.08. The minimum absolute atomic E-state index is 0.00332. The van der Waals surface area contributed by atoms with Crippen molar-refractivity contribution in [3.8, 4) is 0 Å². The van der Waals surface area contributed by atoms with Gasteiger partial charge in [0.05, 0.1) is 23.6 Å². The number of nitrogens with zero attached hydrogens (tertiary/aromatic N) is 3. The second-order valence-electron chi connectivity index (χ2n) is 6.85. The summed E-state index contributed by atoms with van der Waals surface area (Å²) in [5.41, 5.74) is 0.159. The topological polar surface area (TPSA) is 62.7 Å². The minimum atomic E-state index is -0.396. The van der Waals surface area contributed by atoms with Crippen LogP contribution < -0.4 is 0 Å². The molecule has 2 aliphatic rings. The molecule has 0 radical (unpaired) electrons. The van der Waals surface area contributed by atoms with Gasteiger partial charge >= 0.3 is 0 Å². The maximum Gasteiger partial charge on any atom is 0.273 e. The number of hydrogen-bond acceptors (Lipinski definition) is 5. The molecule has 0 atom stereocenters.